The van der Waals surface area contributed by atoms with E-state index < -0.39 is 0 Å². The third-order valence-electron chi connectivity index (χ3n) is 4.98. The summed E-state index contributed by atoms with van der Waals surface area (Å²) in [6.45, 7) is 5.04. The normalized spacial score (nSPS) is 16.6. The highest BCUT2D eigenvalue weighted by atomic mass is 16.5. The Morgan fingerprint density at radius 2 is 2.11 bits per heavy atom. The SMILES string of the molecule is COc1ccccc1[C@H]1CNC(=O)c2nc(Cn3nc(C)cc3C)[nH]c2C1. The number of rotatable bonds is 4. The fourth-order valence-corrected chi connectivity index (χ4v) is 3.69. The van der Waals surface area contributed by atoms with E-state index in [0.717, 1.165) is 34.2 Å². The Bertz CT molecular complexity index is 988. The smallest absolute Gasteiger partial charge is 0.271 e. The molecular weight excluding hydrogens is 342 g/mol. The molecule has 0 bridgehead atoms. The summed E-state index contributed by atoms with van der Waals surface area (Å²) in [6, 6.07) is 9.97. The maximum absolute atomic E-state index is 12.5. The molecule has 2 N–H and O–H groups in total. The van der Waals surface area contributed by atoms with E-state index in [2.05, 4.69) is 20.4 Å². The lowest BCUT2D eigenvalue weighted by molar-refractivity contribution is 0.0950. The number of fused-ring (bicyclic) bond motifs is 1. The molecule has 0 radical (unpaired) electrons. The van der Waals surface area contributed by atoms with E-state index >= 15 is 0 Å². The molecule has 0 saturated carbocycles. The number of aromatic amines is 1. The van der Waals surface area contributed by atoms with Crippen molar-refractivity contribution in [2.24, 2.45) is 0 Å². The average Bonchev–Trinajstić information content (AvgIpc) is 3.16. The summed E-state index contributed by atoms with van der Waals surface area (Å²) in [4.78, 5) is 20.4. The van der Waals surface area contributed by atoms with Gasteiger partial charge >= 0.3 is 0 Å². The molecule has 1 aliphatic heterocycles. The van der Waals surface area contributed by atoms with Crippen LogP contribution in [-0.2, 0) is 13.0 Å². The number of para-hydroxylation sites is 1. The number of H-pyrrole nitrogens is 1. The molecule has 3 aromatic rings. The van der Waals surface area contributed by atoms with Gasteiger partial charge in [0.2, 0.25) is 0 Å². The Morgan fingerprint density at radius 3 is 2.85 bits per heavy atom. The van der Waals surface area contributed by atoms with Gasteiger partial charge in [0.05, 0.1) is 19.3 Å². The lowest BCUT2D eigenvalue weighted by atomic mass is 9.93. The number of aryl methyl sites for hydroxylation is 2. The number of benzene rings is 1. The highest BCUT2D eigenvalue weighted by molar-refractivity contribution is 5.94. The molecule has 140 valence electrons. The number of nitrogens with one attached hydrogen (secondary N) is 2. The zero-order valence-electron chi connectivity index (χ0n) is 15.7. The number of hydrogen-bond acceptors (Lipinski definition) is 4. The van der Waals surface area contributed by atoms with Gasteiger partial charge in [-0.15, -0.1) is 0 Å². The molecule has 1 amide bonds. The van der Waals surface area contributed by atoms with Crippen molar-refractivity contribution in [2.75, 3.05) is 13.7 Å². The quantitative estimate of drug-likeness (QED) is 0.743. The van der Waals surface area contributed by atoms with Gasteiger partial charge in [0.25, 0.3) is 5.91 Å². The zero-order chi connectivity index (χ0) is 19.0. The molecule has 27 heavy (non-hydrogen) atoms. The molecule has 7 heteroatoms. The van der Waals surface area contributed by atoms with Crippen molar-refractivity contribution in [3.63, 3.8) is 0 Å². The van der Waals surface area contributed by atoms with Crippen LogP contribution in [0.15, 0.2) is 30.3 Å². The van der Waals surface area contributed by atoms with Crippen molar-refractivity contribution in [3.05, 3.63) is 64.5 Å². The van der Waals surface area contributed by atoms with Crippen molar-refractivity contribution >= 4 is 5.91 Å². The van der Waals surface area contributed by atoms with E-state index in [1.807, 2.05) is 48.9 Å². The third-order valence-corrected chi connectivity index (χ3v) is 4.98. The predicted molar refractivity (Wildman–Crippen MR) is 101 cm³/mol. The van der Waals surface area contributed by atoms with Crippen molar-refractivity contribution < 1.29 is 9.53 Å². The van der Waals surface area contributed by atoms with Gasteiger partial charge in [-0.2, -0.15) is 5.10 Å². The maximum Gasteiger partial charge on any atom is 0.271 e. The molecule has 1 atom stereocenters. The number of methoxy groups -OCH3 is 1. The van der Waals surface area contributed by atoms with Crippen molar-refractivity contribution in [3.8, 4) is 5.75 Å². The van der Waals surface area contributed by atoms with Gasteiger partial charge in [-0.05, 0) is 38.0 Å². The van der Waals surface area contributed by atoms with Crippen molar-refractivity contribution in [1.82, 2.24) is 25.1 Å². The van der Waals surface area contributed by atoms with Crippen LogP contribution in [0.4, 0.5) is 0 Å². The largest absolute Gasteiger partial charge is 0.496 e. The van der Waals surface area contributed by atoms with Gasteiger partial charge < -0.3 is 15.0 Å². The first-order valence-electron chi connectivity index (χ1n) is 9.05. The molecular formula is C20H23N5O2. The average molecular weight is 365 g/mol. The second-order valence-electron chi connectivity index (χ2n) is 6.95. The monoisotopic (exact) mass is 365 g/mol. The molecule has 2 aromatic heterocycles. The van der Waals surface area contributed by atoms with Crippen molar-refractivity contribution in [2.45, 2.75) is 32.7 Å². The summed E-state index contributed by atoms with van der Waals surface area (Å²) in [5.74, 6) is 1.55. The molecule has 1 aliphatic rings. The number of aromatic nitrogens is 4. The van der Waals surface area contributed by atoms with E-state index in [-0.39, 0.29) is 11.8 Å². The summed E-state index contributed by atoms with van der Waals surface area (Å²) >= 11 is 0. The Morgan fingerprint density at radius 1 is 1.30 bits per heavy atom. The second-order valence-corrected chi connectivity index (χ2v) is 6.95. The molecule has 1 aromatic carbocycles. The van der Waals surface area contributed by atoms with Crippen LogP contribution in [0.2, 0.25) is 0 Å². The van der Waals surface area contributed by atoms with Crippen LogP contribution in [0.5, 0.6) is 5.75 Å². The molecule has 0 unspecified atom stereocenters. The van der Waals surface area contributed by atoms with Gasteiger partial charge in [0, 0.05) is 23.9 Å². The van der Waals surface area contributed by atoms with Crippen LogP contribution < -0.4 is 10.1 Å². The number of ether oxygens (including phenoxy) is 1. The summed E-state index contributed by atoms with van der Waals surface area (Å²) < 4.78 is 7.40. The molecule has 7 nitrogen and oxygen atoms in total. The number of amides is 1. The topological polar surface area (TPSA) is 84.8 Å². The molecule has 0 saturated heterocycles. The first-order chi connectivity index (χ1) is 13.0. The summed E-state index contributed by atoms with van der Waals surface area (Å²) in [7, 11) is 1.67. The summed E-state index contributed by atoms with van der Waals surface area (Å²) in [5.41, 5.74) is 4.45. The van der Waals surface area contributed by atoms with Gasteiger partial charge in [0.1, 0.15) is 17.3 Å². The predicted octanol–water partition coefficient (Wildman–Crippen LogP) is 2.35. The first-order valence-corrected chi connectivity index (χ1v) is 9.05. The number of carbonyl (C=O) groups excluding carboxylic acids is 1. The van der Waals surface area contributed by atoms with Crippen LogP contribution in [-0.4, -0.2) is 39.3 Å². The van der Waals surface area contributed by atoms with Crippen LogP contribution in [0.25, 0.3) is 0 Å². The zero-order valence-corrected chi connectivity index (χ0v) is 15.7. The Kier molecular flexibility index (Phi) is 4.43. The fourth-order valence-electron chi connectivity index (χ4n) is 3.69. The van der Waals surface area contributed by atoms with Gasteiger partial charge in [-0.3, -0.25) is 9.48 Å². The second kappa shape index (κ2) is 6.90. The number of nitrogens with zero attached hydrogens (tertiary/aromatic N) is 3. The maximum atomic E-state index is 12.5. The van der Waals surface area contributed by atoms with E-state index in [1.165, 1.54) is 0 Å². The van der Waals surface area contributed by atoms with E-state index in [9.17, 15) is 4.79 Å². The fraction of sp³-hybridized carbons (Fsp3) is 0.350. The van der Waals surface area contributed by atoms with E-state index in [1.54, 1.807) is 7.11 Å². The molecule has 0 spiro atoms. The van der Waals surface area contributed by atoms with Crippen LogP contribution in [0, 0.1) is 13.8 Å². The number of imidazole rings is 1. The van der Waals surface area contributed by atoms with Crippen LogP contribution >= 0.6 is 0 Å². The van der Waals surface area contributed by atoms with E-state index in [0.29, 0.717) is 25.2 Å². The molecule has 0 aliphatic carbocycles. The minimum absolute atomic E-state index is 0.119. The lowest BCUT2D eigenvalue weighted by Gasteiger charge is -2.17. The van der Waals surface area contributed by atoms with Crippen LogP contribution in [0.3, 0.4) is 0 Å². The summed E-state index contributed by atoms with van der Waals surface area (Å²) in [6.07, 6.45) is 0.693. The summed E-state index contributed by atoms with van der Waals surface area (Å²) in [5, 5.41) is 7.47. The minimum Gasteiger partial charge on any atom is -0.496 e. The Balaban J connectivity index is 1.64. The highest BCUT2D eigenvalue weighted by Gasteiger charge is 2.27. The Hall–Kier alpha value is -3.09. The van der Waals surface area contributed by atoms with Gasteiger partial charge in [-0.25, -0.2) is 4.98 Å². The lowest BCUT2D eigenvalue weighted by Crippen LogP contribution is -2.26. The molecule has 0 fully saturated rings. The number of hydrogen-bond donors (Lipinski definition) is 2. The van der Waals surface area contributed by atoms with E-state index in [4.69, 9.17) is 4.74 Å². The van der Waals surface area contributed by atoms with Gasteiger partial charge in [0.15, 0.2) is 0 Å². The van der Waals surface area contributed by atoms with Crippen LogP contribution in [0.1, 0.15) is 44.9 Å². The van der Waals surface area contributed by atoms with Crippen molar-refractivity contribution in [1.29, 1.82) is 0 Å². The Labute approximate surface area is 157 Å². The van der Waals surface area contributed by atoms with Gasteiger partial charge in [-0.1, -0.05) is 18.2 Å². The third kappa shape index (κ3) is 3.32. The molecule has 3 heterocycles. The minimum atomic E-state index is -0.140. The molecule has 4 rings (SSSR count). The first kappa shape index (κ1) is 17.3. The standard InChI is InChI=1S/C20H23N5O2/c1-12-8-13(2)25(24-12)11-18-22-16-9-14(10-21-20(26)19(16)23-18)15-6-4-5-7-17(15)27-3/h4-8,14H,9-11H2,1-3H3,(H,21,26)(H,22,23)/t14-/m1/s1. The highest BCUT2D eigenvalue weighted by Crippen LogP contribution is 2.30. The number of carbonyl (C=O) groups is 1.